The molecule has 10 heteroatoms. The number of halogens is 3. The number of alkyl halides is 3. The van der Waals surface area contributed by atoms with Gasteiger partial charge in [-0.3, -0.25) is 4.79 Å². The summed E-state index contributed by atoms with van der Waals surface area (Å²) >= 11 is 14.7. The number of carbonyl (C=O) groups is 1. The molecule has 6 nitrogen and oxygen atoms in total. The van der Waals surface area contributed by atoms with E-state index in [4.69, 9.17) is 23.2 Å². The van der Waals surface area contributed by atoms with E-state index in [9.17, 15) is 13.2 Å². The molecular weight excluding hydrogens is 488 g/mol. The summed E-state index contributed by atoms with van der Waals surface area (Å²) in [7, 11) is -3.40. The third-order valence-corrected chi connectivity index (χ3v) is 8.41. The van der Waals surface area contributed by atoms with Crippen LogP contribution < -0.4 is 5.32 Å². The van der Waals surface area contributed by atoms with Crippen LogP contribution in [0.25, 0.3) is 0 Å². The smallest absolute Gasteiger partial charge is 0.236 e. The van der Waals surface area contributed by atoms with Crippen LogP contribution in [-0.2, 0) is 14.8 Å². The standard InChI is InChI=1S/C14H22Cl2IN3O3S/c1-2-24(22,23)20-5-3-19(4-6-20)14(21)9-18-13-8-11(16)10(15)7-12(13)17/h2,10-13,18H,1,3-9H2. The van der Waals surface area contributed by atoms with Crippen molar-refractivity contribution in [2.75, 3.05) is 32.7 Å². The molecule has 4 unspecified atom stereocenters. The van der Waals surface area contributed by atoms with Gasteiger partial charge in [-0.1, -0.05) is 29.2 Å². The van der Waals surface area contributed by atoms with Gasteiger partial charge in [0.1, 0.15) is 0 Å². The lowest BCUT2D eigenvalue weighted by atomic mass is 9.94. The number of hydrogen-bond acceptors (Lipinski definition) is 4. The van der Waals surface area contributed by atoms with Gasteiger partial charge in [0.05, 0.1) is 17.3 Å². The second-order valence-electron chi connectivity index (χ2n) is 6.00. The summed E-state index contributed by atoms with van der Waals surface area (Å²) < 4.78 is 25.1. The van der Waals surface area contributed by atoms with Crippen molar-refractivity contribution in [3.8, 4) is 0 Å². The van der Waals surface area contributed by atoms with Gasteiger partial charge in [-0.05, 0) is 12.8 Å². The van der Waals surface area contributed by atoms with Crippen LogP contribution in [0.5, 0.6) is 0 Å². The fourth-order valence-corrected chi connectivity index (χ4v) is 5.77. The number of hydrogen-bond donors (Lipinski definition) is 1. The predicted molar refractivity (Wildman–Crippen MR) is 105 cm³/mol. The van der Waals surface area contributed by atoms with E-state index >= 15 is 0 Å². The van der Waals surface area contributed by atoms with Gasteiger partial charge < -0.3 is 10.2 Å². The number of amides is 1. The van der Waals surface area contributed by atoms with Crippen LogP contribution in [0.1, 0.15) is 12.8 Å². The molecule has 2 rings (SSSR count). The van der Waals surface area contributed by atoms with Crippen molar-refractivity contribution in [2.45, 2.75) is 33.6 Å². The molecule has 24 heavy (non-hydrogen) atoms. The number of sulfonamides is 1. The first-order valence-corrected chi connectivity index (χ1v) is 11.4. The lowest BCUT2D eigenvalue weighted by Crippen LogP contribution is -2.54. The van der Waals surface area contributed by atoms with Crippen LogP contribution in [0.4, 0.5) is 0 Å². The third-order valence-electron chi connectivity index (χ3n) is 4.44. The maximum atomic E-state index is 12.3. The van der Waals surface area contributed by atoms with E-state index in [0.29, 0.717) is 30.1 Å². The molecule has 1 aliphatic carbocycles. The highest BCUT2D eigenvalue weighted by molar-refractivity contribution is 14.1. The highest BCUT2D eigenvalue weighted by Crippen LogP contribution is 2.32. The Kier molecular flexibility index (Phi) is 7.64. The predicted octanol–water partition coefficient (Wildman–Crippen LogP) is 1.37. The Balaban J connectivity index is 1.79. The Morgan fingerprint density at radius 1 is 1.21 bits per heavy atom. The van der Waals surface area contributed by atoms with Crippen LogP contribution in [-0.4, -0.2) is 77.0 Å². The number of nitrogens with zero attached hydrogens (tertiary/aromatic N) is 2. The highest BCUT2D eigenvalue weighted by atomic mass is 127. The molecule has 0 spiro atoms. The van der Waals surface area contributed by atoms with Crippen molar-refractivity contribution in [3.63, 3.8) is 0 Å². The van der Waals surface area contributed by atoms with Gasteiger partial charge in [0.25, 0.3) is 0 Å². The van der Waals surface area contributed by atoms with Gasteiger partial charge in [-0.15, -0.1) is 23.2 Å². The highest BCUT2D eigenvalue weighted by Gasteiger charge is 2.34. The van der Waals surface area contributed by atoms with Crippen molar-refractivity contribution >= 4 is 61.7 Å². The van der Waals surface area contributed by atoms with E-state index in [1.165, 1.54) is 4.31 Å². The van der Waals surface area contributed by atoms with Crippen molar-refractivity contribution in [2.24, 2.45) is 0 Å². The van der Waals surface area contributed by atoms with E-state index in [1.54, 1.807) is 4.90 Å². The molecule has 0 aromatic carbocycles. The first-order valence-electron chi connectivity index (χ1n) is 7.80. The van der Waals surface area contributed by atoms with Crippen molar-refractivity contribution in [1.29, 1.82) is 0 Å². The first-order chi connectivity index (χ1) is 11.2. The number of piperazine rings is 1. The molecule has 0 aromatic rings. The van der Waals surface area contributed by atoms with Crippen LogP contribution in [0, 0.1) is 0 Å². The number of nitrogens with one attached hydrogen (secondary N) is 1. The van der Waals surface area contributed by atoms with Crippen LogP contribution in [0.3, 0.4) is 0 Å². The van der Waals surface area contributed by atoms with E-state index in [0.717, 1.165) is 18.2 Å². The fourth-order valence-electron chi connectivity index (χ4n) is 2.90. The second-order valence-corrected chi connectivity index (χ2v) is 10.6. The summed E-state index contributed by atoms with van der Waals surface area (Å²) in [6.45, 7) is 4.95. The topological polar surface area (TPSA) is 69.7 Å². The van der Waals surface area contributed by atoms with Gasteiger partial charge in [0.15, 0.2) is 0 Å². The molecule has 1 saturated heterocycles. The molecule has 1 saturated carbocycles. The van der Waals surface area contributed by atoms with E-state index < -0.39 is 10.0 Å². The molecule has 1 heterocycles. The molecule has 2 aliphatic rings. The zero-order valence-electron chi connectivity index (χ0n) is 13.2. The summed E-state index contributed by atoms with van der Waals surface area (Å²) in [6, 6.07) is 0.162. The number of rotatable bonds is 5. The summed E-state index contributed by atoms with van der Waals surface area (Å²) in [6.07, 6.45) is 1.56. The maximum Gasteiger partial charge on any atom is 0.236 e. The Morgan fingerprint density at radius 2 is 1.79 bits per heavy atom. The van der Waals surface area contributed by atoms with Crippen LogP contribution in [0.15, 0.2) is 12.0 Å². The maximum absolute atomic E-state index is 12.3. The van der Waals surface area contributed by atoms with Gasteiger partial charge in [-0.2, -0.15) is 4.31 Å². The fraction of sp³-hybridized carbons (Fsp3) is 0.786. The van der Waals surface area contributed by atoms with Crippen molar-refractivity contribution < 1.29 is 13.2 Å². The van der Waals surface area contributed by atoms with Crippen LogP contribution >= 0.6 is 45.8 Å². The summed E-state index contributed by atoms with van der Waals surface area (Å²) in [5.41, 5.74) is 0. The van der Waals surface area contributed by atoms with Gasteiger partial charge in [-0.25, -0.2) is 8.42 Å². The molecule has 4 atom stereocenters. The zero-order valence-corrected chi connectivity index (χ0v) is 17.7. The van der Waals surface area contributed by atoms with Gasteiger partial charge in [0.2, 0.25) is 15.9 Å². The normalized spacial score (nSPS) is 32.5. The van der Waals surface area contributed by atoms with Crippen molar-refractivity contribution in [1.82, 2.24) is 14.5 Å². The lowest BCUT2D eigenvalue weighted by Gasteiger charge is -2.36. The molecule has 1 N–H and O–H groups in total. The Bertz CT molecular complexity index is 570. The molecule has 0 aromatic heterocycles. The Hall–Kier alpha value is 0.390. The SMILES string of the molecule is C=CS(=O)(=O)N1CCN(C(=O)CNC2CC(Cl)C(Cl)CC2I)CC1. The molecule has 0 bridgehead atoms. The lowest BCUT2D eigenvalue weighted by molar-refractivity contribution is -0.131. The Morgan fingerprint density at radius 3 is 2.38 bits per heavy atom. The van der Waals surface area contributed by atoms with E-state index in [1.807, 2.05) is 0 Å². The first kappa shape index (κ1) is 20.7. The summed E-state index contributed by atoms with van der Waals surface area (Å²) in [5, 5.41) is 4.12. The zero-order chi connectivity index (χ0) is 17.9. The monoisotopic (exact) mass is 509 g/mol. The molecule has 1 aliphatic heterocycles. The molecule has 138 valence electrons. The van der Waals surface area contributed by atoms with Crippen LogP contribution in [0.2, 0.25) is 0 Å². The van der Waals surface area contributed by atoms with E-state index in [-0.39, 0.29) is 29.2 Å². The quantitative estimate of drug-likeness (QED) is 0.449. The summed E-state index contributed by atoms with van der Waals surface area (Å²) in [5.74, 6) is -0.0200. The van der Waals surface area contributed by atoms with Crippen molar-refractivity contribution in [3.05, 3.63) is 12.0 Å². The minimum absolute atomic E-state index is 0.0200. The summed E-state index contributed by atoms with van der Waals surface area (Å²) in [4.78, 5) is 14.0. The average Bonchev–Trinajstić information content (AvgIpc) is 2.56. The molecule has 2 fully saturated rings. The van der Waals surface area contributed by atoms with Gasteiger partial charge in [0, 0.05) is 41.6 Å². The number of carbonyl (C=O) groups excluding carboxylic acids is 1. The molecule has 1 amide bonds. The van der Waals surface area contributed by atoms with Gasteiger partial charge >= 0.3 is 0 Å². The third kappa shape index (κ3) is 5.20. The molecular formula is C14H22Cl2IN3O3S. The minimum atomic E-state index is -3.40. The van der Waals surface area contributed by atoms with E-state index in [2.05, 4.69) is 34.5 Å². The Labute approximate surface area is 167 Å². The minimum Gasteiger partial charge on any atom is -0.339 e. The largest absolute Gasteiger partial charge is 0.339 e. The second kappa shape index (κ2) is 8.85. The average molecular weight is 510 g/mol. The molecule has 0 radical (unpaired) electrons.